The molecule has 3 aromatic rings. The van der Waals surface area contributed by atoms with Crippen molar-refractivity contribution in [2.24, 2.45) is 0 Å². The highest BCUT2D eigenvalue weighted by Crippen LogP contribution is 2.35. The smallest absolute Gasteiger partial charge is 0.226 e. The summed E-state index contributed by atoms with van der Waals surface area (Å²) in [5, 5.41) is 6.02. The van der Waals surface area contributed by atoms with Gasteiger partial charge in [0.2, 0.25) is 5.91 Å². The van der Waals surface area contributed by atoms with Crippen molar-refractivity contribution in [1.29, 1.82) is 0 Å². The second-order valence-electron chi connectivity index (χ2n) is 5.86. The summed E-state index contributed by atoms with van der Waals surface area (Å²) in [6, 6.07) is 12.3. The molecule has 1 N–H and O–H groups in total. The van der Waals surface area contributed by atoms with Gasteiger partial charge >= 0.3 is 0 Å². The number of thioether (sulfide) groups is 1. The molecule has 1 amide bonds. The van der Waals surface area contributed by atoms with Gasteiger partial charge in [0.1, 0.15) is 5.01 Å². The van der Waals surface area contributed by atoms with Gasteiger partial charge in [-0.2, -0.15) is 0 Å². The summed E-state index contributed by atoms with van der Waals surface area (Å²) in [7, 11) is 0. The molecule has 3 heterocycles. The van der Waals surface area contributed by atoms with Gasteiger partial charge in [-0.3, -0.25) is 9.78 Å². The molecule has 1 unspecified atom stereocenters. The van der Waals surface area contributed by atoms with Gasteiger partial charge < -0.3 is 5.32 Å². The number of aromatic nitrogens is 2. The zero-order valence-electron chi connectivity index (χ0n) is 13.5. The van der Waals surface area contributed by atoms with E-state index in [1.807, 2.05) is 41.4 Å². The highest BCUT2D eigenvalue weighted by molar-refractivity contribution is 7.99. The standard InChI is InChI=1S/C19H17N3OS2/c23-18(22-16-7-9-24-17-6-2-1-5-15(16)17)10-14-12-25-19(21-14)13-4-3-8-20-11-13/h1-6,8,11-12,16H,7,9-10H2,(H,22,23). The molecule has 25 heavy (non-hydrogen) atoms. The second-order valence-corrected chi connectivity index (χ2v) is 7.85. The Kier molecular flexibility index (Phi) is 4.81. The summed E-state index contributed by atoms with van der Waals surface area (Å²) < 4.78 is 0. The van der Waals surface area contributed by atoms with Crippen LogP contribution in [-0.4, -0.2) is 21.6 Å². The van der Waals surface area contributed by atoms with Crippen LogP contribution in [0.25, 0.3) is 10.6 Å². The fourth-order valence-electron chi connectivity index (χ4n) is 2.91. The summed E-state index contributed by atoms with van der Waals surface area (Å²) in [6.45, 7) is 0. The minimum atomic E-state index is 0.0229. The lowest BCUT2D eigenvalue weighted by Gasteiger charge is -2.25. The first-order valence-electron chi connectivity index (χ1n) is 8.15. The topological polar surface area (TPSA) is 54.9 Å². The number of nitrogens with zero attached hydrogens (tertiary/aromatic N) is 2. The molecule has 0 spiro atoms. The fourth-order valence-corrected chi connectivity index (χ4v) is 4.85. The van der Waals surface area contributed by atoms with Crippen LogP contribution >= 0.6 is 23.1 Å². The van der Waals surface area contributed by atoms with Crippen molar-refractivity contribution in [3.8, 4) is 10.6 Å². The first-order chi connectivity index (χ1) is 12.3. The quantitative estimate of drug-likeness (QED) is 0.754. The number of carbonyl (C=O) groups excluding carboxylic acids is 1. The molecule has 0 saturated heterocycles. The van der Waals surface area contributed by atoms with Crippen molar-refractivity contribution in [2.75, 3.05) is 5.75 Å². The first kappa shape index (κ1) is 16.3. The van der Waals surface area contributed by atoms with Crippen LogP contribution in [0.5, 0.6) is 0 Å². The molecule has 6 heteroatoms. The lowest BCUT2D eigenvalue weighted by molar-refractivity contribution is -0.121. The molecule has 1 atom stereocenters. The maximum Gasteiger partial charge on any atom is 0.226 e. The minimum Gasteiger partial charge on any atom is -0.349 e. The van der Waals surface area contributed by atoms with Gasteiger partial charge in [0.25, 0.3) is 0 Å². The Bertz CT molecular complexity index is 879. The van der Waals surface area contributed by atoms with E-state index in [1.54, 1.807) is 23.7 Å². The molecular weight excluding hydrogens is 350 g/mol. The van der Waals surface area contributed by atoms with Gasteiger partial charge in [0, 0.05) is 34.0 Å². The largest absolute Gasteiger partial charge is 0.349 e. The zero-order valence-corrected chi connectivity index (χ0v) is 15.1. The number of thiazole rings is 1. The van der Waals surface area contributed by atoms with E-state index in [0.29, 0.717) is 6.42 Å². The van der Waals surface area contributed by atoms with Crippen molar-refractivity contribution in [3.05, 3.63) is 65.4 Å². The average molecular weight is 367 g/mol. The normalized spacial score (nSPS) is 16.2. The molecule has 126 valence electrons. The van der Waals surface area contributed by atoms with Gasteiger partial charge in [0.05, 0.1) is 18.2 Å². The van der Waals surface area contributed by atoms with Crippen LogP contribution in [0.1, 0.15) is 23.7 Å². The lowest BCUT2D eigenvalue weighted by Crippen LogP contribution is -2.31. The molecule has 0 saturated carbocycles. The van der Waals surface area contributed by atoms with E-state index in [4.69, 9.17) is 0 Å². The predicted molar refractivity (Wildman–Crippen MR) is 102 cm³/mol. The van der Waals surface area contributed by atoms with Gasteiger partial charge in [0.15, 0.2) is 0 Å². The van der Waals surface area contributed by atoms with E-state index in [0.717, 1.165) is 28.4 Å². The van der Waals surface area contributed by atoms with Gasteiger partial charge in [-0.25, -0.2) is 4.98 Å². The summed E-state index contributed by atoms with van der Waals surface area (Å²) in [5.74, 6) is 1.05. The fraction of sp³-hybridized carbons (Fsp3) is 0.211. The predicted octanol–water partition coefficient (Wildman–Crippen LogP) is 4.10. The minimum absolute atomic E-state index is 0.0229. The molecule has 1 aliphatic rings. The van der Waals surface area contributed by atoms with E-state index >= 15 is 0 Å². The summed E-state index contributed by atoms with van der Waals surface area (Å²) >= 11 is 3.40. The monoisotopic (exact) mass is 367 g/mol. The Morgan fingerprint density at radius 3 is 3.04 bits per heavy atom. The van der Waals surface area contributed by atoms with E-state index in [9.17, 15) is 4.79 Å². The molecule has 1 aliphatic heterocycles. The molecule has 0 fully saturated rings. The molecule has 0 radical (unpaired) electrons. The highest BCUT2D eigenvalue weighted by Gasteiger charge is 2.22. The van der Waals surface area contributed by atoms with Gasteiger partial charge in [-0.1, -0.05) is 18.2 Å². The maximum atomic E-state index is 12.5. The Hall–Kier alpha value is -2.18. The van der Waals surface area contributed by atoms with Gasteiger partial charge in [-0.15, -0.1) is 23.1 Å². The number of benzene rings is 1. The van der Waals surface area contributed by atoms with Crippen molar-refractivity contribution in [1.82, 2.24) is 15.3 Å². The molecule has 4 nitrogen and oxygen atoms in total. The zero-order chi connectivity index (χ0) is 17.1. The molecule has 0 bridgehead atoms. The van der Waals surface area contributed by atoms with E-state index in [2.05, 4.69) is 27.4 Å². The number of hydrogen-bond acceptors (Lipinski definition) is 5. The number of rotatable bonds is 4. The number of fused-ring (bicyclic) bond motifs is 1. The molecule has 1 aromatic carbocycles. The lowest BCUT2D eigenvalue weighted by atomic mass is 10.0. The second kappa shape index (κ2) is 7.37. The molecular formula is C19H17N3OS2. The average Bonchev–Trinajstić information content (AvgIpc) is 3.11. The Morgan fingerprint density at radius 1 is 1.24 bits per heavy atom. The van der Waals surface area contributed by atoms with Gasteiger partial charge in [-0.05, 0) is 30.2 Å². The number of amides is 1. The van der Waals surface area contributed by atoms with Crippen LogP contribution in [-0.2, 0) is 11.2 Å². The Labute approximate surface area is 154 Å². The van der Waals surface area contributed by atoms with E-state index in [1.165, 1.54) is 10.5 Å². The highest BCUT2D eigenvalue weighted by atomic mass is 32.2. The van der Waals surface area contributed by atoms with Crippen molar-refractivity contribution in [2.45, 2.75) is 23.8 Å². The number of carbonyl (C=O) groups is 1. The summed E-state index contributed by atoms with van der Waals surface area (Å²) in [4.78, 5) is 22.4. The molecule has 4 rings (SSSR count). The van der Waals surface area contributed by atoms with Crippen LogP contribution in [0.3, 0.4) is 0 Å². The maximum absolute atomic E-state index is 12.5. The van der Waals surface area contributed by atoms with Crippen molar-refractivity contribution >= 4 is 29.0 Å². The van der Waals surface area contributed by atoms with Crippen LogP contribution in [0, 0.1) is 0 Å². The summed E-state index contributed by atoms with van der Waals surface area (Å²) in [5.41, 5.74) is 3.01. The van der Waals surface area contributed by atoms with Crippen molar-refractivity contribution < 1.29 is 4.79 Å². The third-order valence-electron chi connectivity index (χ3n) is 4.10. The first-order valence-corrected chi connectivity index (χ1v) is 10.0. The van der Waals surface area contributed by atoms with Crippen LogP contribution < -0.4 is 5.32 Å². The molecule has 2 aromatic heterocycles. The summed E-state index contributed by atoms with van der Waals surface area (Å²) in [6.07, 6.45) is 4.80. The van der Waals surface area contributed by atoms with Crippen LogP contribution in [0.15, 0.2) is 59.1 Å². The van der Waals surface area contributed by atoms with E-state index in [-0.39, 0.29) is 11.9 Å². The third-order valence-corrected chi connectivity index (χ3v) is 6.16. The van der Waals surface area contributed by atoms with E-state index < -0.39 is 0 Å². The number of pyridine rings is 1. The Balaban J connectivity index is 1.43. The SMILES string of the molecule is O=C(Cc1csc(-c2cccnc2)n1)NC1CCSc2ccccc21. The Morgan fingerprint density at radius 2 is 2.16 bits per heavy atom. The van der Waals surface area contributed by atoms with Crippen LogP contribution in [0.2, 0.25) is 0 Å². The number of nitrogens with one attached hydrogen (secondary N) is 1. The van der Waals surface area contributed by atoms with Crippen molar-refractivity contribution in [3.63, 3.8) is 0 Å². The molecule has 0 aliphatic carbocycles. The third kappa shape index (κ3) is 3.75. The van der Waals surface area contributed by atoms with Crippen LogP contribution in [0.4, 0.5) is 0 Å². The number of hydrogen-bond donors (Lipinski definition) is 1.